The van der Waals surface area contributed by atoms with E-state index in [2.05, 4.69) is 10.6 Å². The second kappa shape index (κ2) is 9.83. The van der Waals surface area contributed by atoms with E-state index in [1.165, 1.54) is 7.05 Å². The Balaban J connectivity index is 0. The van der Waals surface area contributed by atoms with Crippen LogP contribution in [0.15, 0.2) is 0 Å². The van der Waals surface area contributed by atoms with Crippen LogP contribution in [-0.2, 0) is 4.79 Å². The van der Waals surface area contributed by atoms with Gasteiger partial charge in [0.15, 0.2) is 0 Å². The topological polar surface area (TPSA) is 84.2 Å². The Morgan fingerprint density at radius 3 is 2.14 bits per heavy atom. The zero-order chi connectivity index (χ0) is 11.6. The van der Waals surface area contributed by atoms with Crippen molar-refractivity contribution in [2.75, 3.05) is 7.05 Å². The highest BCUT2D eigenvalue weighted by Crippen LogP contribution is 1.95. The van der Waals surface area contributed by atoms with Gasteiger partial charge in [-0.15, -0.1) is 0 Å². The minimum Gasteiger partial charge on any atom is -0.357 e. The van der Waals surface area contributed by atoms with Crippen LogP contribution >= 0.6 is 0 Å². The third kappa shape index (κ3) is 7.39. The number of nitrogens with two attached hydrogens (primary N) is 1. The summed E-state index contributed by atoms with van der Waals surface area (Å²) in [4.78, 5) is 21.5. The number of hydrogen-bond acceptors (Lipinski definition) is 2. The molecular formula is C9H21N3O2. The number of amides is 3. The first-order valence-corrected chi connectivity index (χ1v) is 4.89. The van der Waals surface area contributed by atoms with Crippen LogP contribution in [0.5, 0.6) is 0 Å². The standard InChI is InChI=1S/C7H15N3O2.C2H6/c1-3-4-5(6(11)9-2)10-7(8)12;1-2/h5H,3-4H2,1-2H3,(H,9,11)(H3,8,10,12);1-2H3. The van der Waals surface area contributed by atoms with E-state index in [1.54, 1.807) is 0 Å². The van der Waals surface area contributed by atoms with Crippen molar-refractivity contribution in [2.24, 2.45) is 5.73 Å². The lowest BCUT2D eigenvalue weighted by molar-refractivity contribution is -0.122. The summed E-state index contributed by atoms with van der Waals surface area (Å²) >= 11 is 0. The molecule has 14 heavy (non-hydrogen) atoms. The van der Waals surface area contributed by atoms with Crippen molar-refractivity contribution in [2.45, 2.75) is 39.7 Å². The van der Waals surface area contributed by atoms with E-state index in [1.807, 2.05) is 20.8 Å². The van der Waals surface area contributed by atoms with Crippen LogP contribution in [0.1, 0.15) is 33.6 Å². The summed E-state index contributed by atoms with van der Waals surface area (Å²) < 4.78 is 0. The molecule has 0 aliphatic rings. The van der Waals surface area contributed by atoms with Crippen molar-refractivity contribution in [1.29, 1.82) is 0 Å². The molecule has 5 heteroatoms. The molecule has 1 unspecified atom stereocenters. The number of urea groups is 1. The average Bonchev–Trinajstić information content (AvgIpc) is 2.18. The Morgan fingerprint density at radius 1 is 1.36 bits per heavy atom. The molecule has 0 bridgehead atoms. The lowest BCUT2D eigenvalue weighted by atomic mass is 10.1. The Labute approximate surface area is 85.4 Å². The van der Waals surface area contributed by atoms with E-state index in [4.69, 9.17) is 5.73 Å². The van der Waals surface area contributed by atoms with Crippen molar-refractivity contribution >= 4 is 11.9 Å². The summed E-state index contributed by atoms with van der Waals surface area (Å²) in [5.74, 6) is -0.212. The average molecular weight is 203 g/mol. The van der Waals surface area contributed by atoms with Gasteiger partial charge in [0, 0.05) is 7.05 Å². The predicted octanol–water partition coefficient (Wildman–Crippen LogP) is 0.596. The molecular weight excluding hydrogens is 182 g/mol. The largest absolute Gasteiger partial charge is 0.357 e. The zero-order valence-electron chi connectivity index (χ0n) is 9.39. The lowest BCUT2D eigenvalue weighted by Crippen LogP contribution is -2.47. The number of primary amides is 1. The SMILES string of the molecule is CC.CCCC(NC(N)=O)C(=O)NC. The normalized spacial score (nSPS) is 10.6. The first kappa shape index (κ1) is 15.2. The van der Waals surface area contributed by atoms with Gasteiger partial charge in [0.1, 0.15) is 6.04 Å². The molecule has 0 heterocycles. The van der Waals surface area contributed by atoms with E-state index in [0.29, 0.717) is 6.42 Å². The van der Waals surface area contributed by atoms with Crippen molar-refractivity contribution in [3.63, 3.8) is 0 Å². The molecule has 3 amide bonds. The van der Waals surface area contributed by atoms with Crippen LogP contribution in [0, 0.1) is 0 Å². The fourth-order valence-electron chi connectivity index (χ4n) is 0.903. The summed E-state index contributed by atoms with van der Waals surface area (Å²) in [6.45, 7) is 5.93. The molecule has 0 saturated carbocycles. The van der Waals surface area contributed by atoms with Crippen LogP contribution in [-0.4, -0.2) is 25.0 Å². The van der Waals surface area contributed by atoms with Crippen molar-refractivity contribution in [3.8, 4) is 0 Å². The zero-order valence-corrected chi connectivity index (χ0v) is 9.39. The van der Waals surface area contributed by atoms with E-state index in [0.717, 1.165) is 6.42 Å². The summed E-state index contributed by atoms with van der Waals surface area (Å²) in [7, 11) is 1.52. The van der Waals surface area contributed by atoms with Gasteiger partial charge in [0.05, 0.1) is 0 Å². The number of carbonyl (C=O) groups excluding carboxylic acids is 2. The van der Waals surface area contributed by atoms with Gasteiger partial charge < -0.3 is 16.4 Å². The number of hydrogen-bond donors (Lipinski definition) is 3. The maximum Gasteiger partial charge on any atom is 0.312 e. The molecule has 0 aliphatic heterocycles. The predicted molar refractivity (Wildman–Crippen MR) is 56.8 cm³/mol. The Hall–Kier alpha value is -1.26. The lowest BCUT2D eigenvalue weighted by Gasteiger charge is -2.14. The molecule has 5 nitrogen and oxygen atoms in total. The van der Waals surface area contributed by atoms with Crippen LogP contribution in [0.2, 0.25) is 0 Å². The molecule has 0 saturated heterocycles. The van der Waals surface area contributed by atoms with Gasteiger partial charge >= 0.3 is 6.03 Å². The summed E-state index contributed by atoms with van der Waals surface area (Å²) in [5, 5.41) is 4.80. The third-order valence-corrected chi connectivity index (χ3v) is 1.46. The molecule has 0 spiro atoms. The molecule has 4 N–H and O–H groups in total. The monoisotopic (exact) mass is 203 g/mol. The summed E-state index contributed by atoms with van der Waals surface area (Å²) in [5.41, 5.74) is 4.89. The smallest absolute Gasteiger partial charge is 0.312 e. The number of rotatable bonds is 4. The van der Waals surface area contributed by atoms with Crippen LogP contribution in [0.25, 0.3) is 0 Å². The van der Waals surface area contributed by atoms with Crippen molar-refractivity contribution in [1.82, 2.24) is 10.6 Å². The fourth-order valence-corrected chi connectivity index (χ4v) is 0.903. The molecule has 0 aromatic rings. The Morgan fingerprint density at radius 2 is 1.86 bits per heavy atom. The second-order valence-electron chi connectivity index (χ2n) is 2.46. The van der Waals surface area contributed by atoms with E-state index in [9.17, 15) is 9.59 Å². The van der Waals surface area contributed by atoms with Gasteiger partial charge in [0.25, 0.3) is 0 Å². The number of nitrogens with one attached hydrogen (secondary N) is 2. The van der Waals surface area contributed by atoms with Gasteiger partial charge in [-0.25, -0.2) is 4.79 Å². The van der Waals surface area contributed by atoms with E-state index < -0.39 is 12.1 Å². The van der Waals surface area contributed by atoms with Crippen molar-refractivity contribution in [3.05, 3.63) is 0 Å². The van der Waals surface area contributed by atoms with Crippen molar-refractivity contribution < 1.29 is 9.59 Å². The minimum absolute atomic E-state index is 0.212. The molecule has 0 fully saturated rings. The minimum atomic E-state index is -0.669. The molecule has 0 rings (SSSR count). The fraction of sp³-hybridized carbons (Fsp3) is 0.778. The first-order valence-electron chi connectivity index (χ1n) is 4.89. The summed E-state index contributed by atoms with van der Waals surface area (Å²) in [6.07, 6.45) is 1.42. The highest BCUT2D eigenvalue weighted by molar-refractivity contribution is 5.86. The molecule has 0 aromatic carbocycles. The van der Waals surface area contributed by atoms with Crippen LogP contribution < -0.4 is 16.4 Å². The van der Waals surface area contributed by atoms with E-state index >= 15 is 0 Å². The van der Waals surface area contributed by atoms with Gasteiger partial charge in [0.2, 0.25) is 5.91 Å². The highest BCUT2D eigenvalue weighted by atomic mass is 16.2. The summed E-state index contributed by atoms with van der Waals surface area (Å²) in [6, 6.07) is -1.17. The molecule has 0 aliphatic carbocycles. The molecule has 1 atom stereocenters. The maximum absolute atomic E-state index is 11.1. The number of likely N-dealkylation sites (N-methyl/N-ethyl adjacent to an activating group) is 1. The van der Waals surface area contributed by atoms with Gasteiger partial charge in [-0.2, -0.15) is 0 Å². The van der Waals surface area contributed by atoms with Gasteiger partial charge in [-0.1, -0.05) is 27.2 Å². The first-order chi connectivity index (χ1) is 6.61. The highest BCUT2D eigenvalue weighted by Gasteiger charge is 2.16. The van der Waals surface area contributed by atoms with E-state index in [-0.39, 0.29) is 5.91 Å². The number of carbonyl (C=O) groups is 2. The second-order valence-corrected chi connectivity index (χ2v) is 2.46. The maximum atomic E-state index is 11.1. The van der Waals surface area contributed by atoms with Crippen LogP contribution in [0.3, 0.4) is 0 Å². The van der Waals surface area contributed by atoms with Gasteiger partial charge in [-0.05, 0) is 6.42 Å². The Bertz CT molecular complexity index is 171. The molecule has 84 valence electrons. The quantitative estimate of drug-likeness (QED) is 0.625. The third-order valence-electron chi connectivity index (χ3n) is 1.46. The van der Waals surface area contributed by atoms with Crippen LogP contribution in [0.4, 0.5) is 4.79 Å². The molecule has 0 aromatic heterocycles. The van der Waals surface area contributed by atoms with Gasteiger partial charge in [-0.3, -0.25) is 4.79 Å². The Kier molecular flexibility index (Phi) is 10.7. The molecule has 0 radical (unpaired) electrons.